The third-order valence-electron chi connectivity index (χ3n) is 2.21. The summed E-state index contributed by atoms with van der Waals surface area (Å²) in [6, 6.07) is 13.6. The van der Waals surface area contributed by atoms with Crippen molar-refractivity contribution in [2.45, 2.75) is 6.92 Å². The van der Waals surface area contributed by atoms with Gasteiger partial charge in [-0.15, -0.1) is 0 Å². The minimum absolute atomic E-state index is 0.135. The molecule has 4 nitrogen and oxygen atoms in total. The second kappa shape index (κ2) is 5.23. The Kier molecular flexibility index (Phi) is 3.48. The van der Waals surface area contributed by atoms with E-state index in [2.05, 4.69) is 5.32 Å². The van der Waals surface area contributed by atoms with Crippen molar-refractivity contribution in [2.75, 3.05) is 5.32 Å². The maximum Gasteiger partial charge on any atom is 0.221 e. The molecular formula is C14H13NO3. The Bertz CT molecular complexity index is 566. The molecule has 0 aliphatic rings. The van der Waals surface area contributed by atoms with Gasteiger partial charge in [0.05, 0.1) is 0 Å². The van der Waals surface area contributed by atoms with Crippen LogP contribution in [0, 0.1) is 0 Å². The molecule has 0 aliphatic carbocycles. The third kappa shape index (κ3) is 3.25. The molecule has 0 bridgehead atoms. The van der Waals surface area contributed by atoms with E-state index in [1.807, 2.05) is 0 Å². The predicted molar refractivity (Wildman–Crippen MR) is 68.9 cm³/mol. The zero-order valence-corrected chi connectivity index (χ0v) is 9.88. The fourth-order valence-electron chi connectivity index (χ4n) is 1.52. The van der Waals surface area contributed by atoms with Gasteiger partial charge in [-0.1, -0.05) is 12.1 Å². The highest BCUT2D eigenvalue weighted by atomic mass is 16.5. The molecule has 0 saturated heterocycles. The standard InChI is InChI=1S/C14H13NO3/c1-10(16)15-11-4-2-6-13(8-11)18-14-7-3-5-12(17)9-14/h2-9,17H,1H3,(H,15,16). The highest BCUT2D eigenvalue weighted by molar-refractivity contribution is 5.88. The molecule has 2 rings (SSSR count). The van der Waals surface area contributed by atoms with E-state index >= 15 is 0 Å². The number of carbonyl (C=O) groups excluding carboxylic acids is 1. The molecule has 0 aliphatic heterocycles. The molecule has 1 amide bonds. The summed E-state index contributed by atoms with van der Waals surface area (Å²) in [5, 5.41) is 12.0. The Morgan fingerprint density at radius 2 is 1.78 bits per heavy atom. The van der Waals surface area contributed by atoms with Crippen LogP contribution in [0.25, 0.3) is 0 Å². The Labute approximate surface area is 105 Å². The summed E-state index contributed by atoms with van der Waals surface area (Å²) in [6.07, 6.45) is 0. The Balaban J connectivity index is 2.16. The van der Waals surface area contributed by atoms with Gasteiger partial charge in [0.15, 0.2) is 0 Å². The van der Waals surface area contributed by atoms with Crippen LogP contribution >= 0.6 is 0 Å². The molecule has 92 valence electrons. The van der Waals surface area contributed by atoms with Crippen LogP contribution < -0.4 is 10.1 Å². The van der Waals surface area contributed by atoms with Crippen molar-refractivity contribution >= 4 is 11.6 Å². The summed E-state index contributed by atoms with van der Waals surface area (Å²) in [6.45, 7) is 1.45. The first kappa shape index (κ1) is 12.0. The molecule has 18 heavy (non-hydrogen) atoms. The van der Waals surface area contributed by atoms with Gasteiger partial charge >= 0.3 is 0 Å². The molecule has 2 N–H and O–H groups in total. The quantitative estimate of drug-likeness (QED) is 0.870. The van der Waals surface area contributed by atoms with Gasteiger partial charge in [0.25, 0.3) is 0 Å². The second-order valence-electron chi connectivity index (χ2n) is 3.81. The van der Waals surface area contributed by atoms with Gasteiger partial charge < -0.3 is 15.2 Å². The Morgan fingerprint density at radius 3 is 2.44 bits per heavy atom. The number of rotatable bonds is 3. The fraction of sp³-hybridized carbons (Fsp3) is 0.0714. The Hall–Kier alpha value is -2.49. The number of aromatic hydroxyl groups is 1. The van der Waals surface area contributed by atoms with Crippen molar-refractivity contribution < 1.29 is 14.6 Å². The topological polar surface area (TPSA) is 58.6 Å². The first-order valence-corrected chi connectivity index (χ1v) is 5.48. The van der Waals surface area contributed by atoms with E-state index < -0.39 is 0 Å². The normalized spacial score (nSPS) is 9.83. The monoisotopic (exact) mass is 243 g/mol. The molecule has 0 radical (unpaired) electrons. The molecule has 0 spiro atoms. The molecule has 0 unspecified atom stereocenters. The molecule has 2 aromatic rings. The van der Waals surface area contributed by atoms with Gasteiger partial charge in [0, 0.05) is 24.7 Å². The smallest absolute Gasteiger partial charge is 0.221 e. The van der Waals surface area contributed by atoms with Crippen LogP contribution in [0.5, 0.6) is 17.2 Å². The number of benzene rings is 2. The predicted octanol–water partition coefficient (Wildman–Crippen LogP) is 3.14. The minimum atomic E-state index is -0.135. The zero-order chi connectivity index (χ0) is 13.0. The molecule has 4 heteroatoms. The third-order valence-corrected chi connectivity index (χ3v) is 2.21. The zero-order valence-electron chi connectivity index (χ0n) is 9.88. The van der Waals surface area contributed by atoms with Crippen molar-refractivity contribution in [2.24, 2.45) is 0 Å². The van der Waals surface area contributed by atoms with Gasteiger partial charge in [-0.2, -0.15) is 0 Å². The van der Waals surface area contributed by atoms with Gasteiger partial charge in [-0.05, 0) is 24.3 Å². The van der Waals surface area contributed by atoms with Crippen LogP contribution in [-0.2, 0) is 4.79 Å². The molecule has 0 heterocycles. The van der Waals surface area contributed by atoms with E-state index in [0.29, 0.717) is 17.2 Å². The van der Waals surface area contributed by atoms with Crippen LogP contribution in [0.1, 0.15) is 6.92 Å². The molecular weight excluding hydrogens is 230 g/mol. The maximum absolute atomic E-state index is 10.9. The lowest BCUT2D eigenvalue weighted by atomic mass is 10.3. The molecule has 0 saturated carbocycles. The van der Waals surface area contributed by atoms with E-state index in [-0.39, 0.29) is 11.7 Å². The average Bonchev–Trinajstić information content (AvgIpc) is 2.28. The van der Waals surface area contributed by atoms with E-state index in [9.17, 15) is 9.90 Å². The van der Waals surface area contributed by atoms with Crippen LogP contribution in [0.4, 0.5) is 5.69 Å². The number of ether oxygens (including phenoxy) is 1. The lowest BCUT2D eigenvalue weighted by molar-refractivity contribution is -0.114. The number of phenols is 1. The first-order valence-electron chi connectivity index (χ1n) is 5.48. The lowest BCUT2D eigenvalue weighted by Gasteiger charge is -2.08. The summed E-state index contributed by atoms with van der Waals surface area (Å²) in [7, 11) is 0. The molecule has 2 aromatic carbocycles. The minimum Gasteiger partial charge on any atom is -0.508 e. The highest BCUT2D eigenvalue weighted by Gasteiger charge is 2.01. The van der Waals surface area contributed by atoms with Gasteiger partial charge in [-0.3, -0.25) is 4.79 Å². The largest absolute Gasteiger partial charge is 0.508 e. The molecule has 0 atom stereocenters. The maximum atomic E-state index is 10.9. The first-order chi connectivity index (χ1) is 8.63. The van der Waals surface area contributed by atoms with E-state index in [1.165, 1.54) is 13.0 Å². The fourth-order valence-corrected chi connectivity index (χ4v) is 1.52. The van der Waals surface area contributed by atoms with Crippen molar-refractivity contribution in [3.63, 3.8) is 0 Å². The van der Waals surface area contributed by atoms with Crippen molar-refractivity contribution in [1.82, 2.24) is 0 Å². The highest BCUT2D eigenvalue weighted by Crippen LogP contribution is 2.26. The number of phenolic OH excluding ortho intramolecular Hbond substituents is 1. The van der Waals surface area contributed by atoms with Crippen LogP contribution in [0.3, 0.4) is 0 Å². The van der Waals surface area contributed by atoms with Crippen LogP contribution in [-0.4, -0.2) is 11.0 Å². The number of carbonyl (C=O) groups is 1. The van der Waals surface area contributed by atoms with E-state index in [1.54, 1.807) is 42.5 Å². The molecule has 0 fully saturated rings. The summed E-state index contributed by atoms with van der Waals surface area (Å²) < 4.78 is 5.57. The summed E-state index contributed by atoms with van der Waals surface area (Å²) in [5.41, 5.74) is 0.667. The average molecular weight is 243 g/mol. The van der Waals surface area contributed by atoms with Crippen molar-refractivity contribution in [3.8, 4) is 17.2 Å². The second-order valence-corrected chi connectivity index (χ2v) is 3.81. The van der Waals surface area contributed by atoms with Gasteiger partial charge in [0.2, 0.25) is 5.91 Å². The van der Waals surface area contributed by atoms with Gasteiger partial charge in [-0.25, -0.2) is 0 Å². The van der Waals surface area contributed by atoms with E-state index in [4.69, 9.17) is 4.74 Å². The number of nitrogens with one attached hydrogen (secondary N) is 1. The number of anilines is 1. The van der Waals surface area contributed by atoms with E-state index in [0.717, 1.165) is 0 Å². The van der Waals surface area contributed by atoms with Crippen LogP contribution in [0.15, 0.2) is 48.5 Å². The summed E-state index contributed by atoms with van der Waals surface area (Å²) >= 11 is 0. The number of hydrogen-bond acceptors (Lipinski definition) is 3. The van der Waals surface area contributed by atoms with Crippen molar-refractivity contribution in [1.29, 1.82) is 0 Å². The van der Waals surface area contributed by atoms with Crippen LogP contribution in [0.2, 0.25) is 0 Å². The summed E-state index contributed by atoms with van der Waals surface area (Å²) in [4.78, 5) is 10.9. The van der Waals surface area contributed by atoms with Gasteiger partial charge in [0.1, 0.15) is 17.2 Å². The molecule has 0 aromatic heterocycles. The van der Waals surface area contributed by atoms with Crippen molar-refractivity contribution in [3.05, 3.63) is 48.5 Å². The lowest BCUT2D eigenvalue weighted by Crippen LogP contribution is -2.05. The number of hydrogen-bond donors (Lipinski definition) is 2. The SMILES string of the molecule is CC(=O)Nc1cccc(Oc2cccc(O)c2)c1. The number of amides is 1. The Morgan fingerprint density at radius 1 is 1.11 bits per heavy atom. The summed E-state index contributed by atoms with van der Waals surface area (Å²) in [5.74, 6) is 1.14.